The second-order valence-electron chi connectivity index (χ2n) is 7.08. The lowest BCUT2D eigenvalue weighted by molar-refractivity contribution is -0.108. The Morgan fingerprint density at radius 3 is 1.94 bits per heavy atom. The van der Waals surface area contributed by atoms with Crippen LogP contribution in [0.5, 0.6) is 0 Å². The van der Waals surface area contributed by atoms with E-state index in [9.17, 15) is 0 Å². The van der Waals surface area contributed by atoms with E-state index < -0.39 is 0 Å². The van der Waals surface area contributed by atoms with Crippen molar-refractivity contribution in [3.05, 3.63) is 12.3 Å². The summed E-state index contributed by atoms with van der Waals surface area (Å²) in [7, 11) is 0. The monoisotopic (exact) mass is 225 g/mol. The molecule has 0 aromatic heterocycles. The molecule has 1 saturated heterocycles. The van der Waals surface area contributed by atoms with Gasteiger partial charge in [0.1, 0.15) is 0 Å². The zero-order valence-corrected chi connectivity index (χ0v) is 11.8. The fraction of sp³-hybridized carbons (Fsp3) is 0.857. The molecule has 1 heterocycles. The van der Waals surface area contributed by atoms with Crippen LogP contribution in [0.1, 0.15) is 48.5 Å². The highest BCUT2D eigenvalue weighted by Gasteiger charge is 2.43. The molecule has 0 bridgehead atoms. The van der Waals surface area contributed by atoms with E-state index in [-0.39, 0.29) is 23.0 Å². The van der Waals surface area contributed by atoms with E-state index in [1.165, 1.54) is 0 Å². The van der Waals surface area contributed by atoms with E-state index >= 15 is 0 Å². The molecule has 1 fully saturated rings. The molecule has 2 nitrogen and oxygen atoms in total. The zero-order chi connectivity index (χ0) is 12.7. The van der Waals surface area contributed by atoms with Gasteiger partial charge >= 0.3 is 0 Å². The zero-order valence-electron chi connectivity index (χ0n) is 11.8. The maximum absolute atomic E-state index is 6.14. The van der Waals surface area contributed by atoms with E-state index in [2.05, 4.69) is 60.4 Å². The third-order valence-electron chi connectivity index (χ3n) is 3.27. The molecule has 16 heavy (non-hydrogen) atoms. The summed E-state index contributed by atoms with van der Waals surface area (Å²) in [6, 6.07) is 0.316. The molecule has 1 N–H and O–H groups in total. The van der Waals surface area contributed by atoms with Gasteiger partial charge in [0.15, 0.2) is 0 Å². The van der Waals surface area contributed by atoms with Crippen LogP contribution in [0.4, 0.5) is 0 Å². The summed E-state index contributed by atoms with van der Waals surface area (Å²) in [5.74, 6) is 0. The Labute approximate surface area is 100 Å². The third kappa shape index (κ3) is 2.79. The molecule has 0 spiro atoms. The van der Waals surface area contributed by atoms with Gasteiger partial charge in [-0.1, -0.05) is 48.1 Å². The molecule has 2 heteroatoms. The first-order chi connectivity index (χ1) is 7.03. The topological polar surface area (TPSA) is 21.3 Å². The Balaban J connectivity index is 2.98. The second-order valence-corrected chi connectivity index (χ2v) is 7.08. The Hall–Kier alpha value is -0.500. The lowest BCUT2D eigenvalue weighted by Gasteiger charge is -2.49. The van der Waals surface area contributed by atoms with Crippen molar-refractivity contribution < 1.29 is 4.74 Å². The summed E-state index contributed by atoms with van der Waals surface area (Å²) in [5.41, 5.74) is 1.31. The molecule has 0 aromatic carbocycles. The minimum absolute atomic E-state index is 0.0998. The van der Waals surface area contributed by atoms with Crippen molar-refractivity contribution in [2.45, 2.75) is 66.7 Å². The summed E-state index contributed by atoms with van der Waals surface area (Å²) < 4.78 is 6.14. The predicted octanol–water partition coefficient (Wildman–Crippen LogP) is 3.34. The van der Waals surface area contributed by atoms with E-state index in [1.54, 1.807) is 0 Å². The van der Waals surface area contributed by atoms with Gasteiger partial charge in [-0.3, -0.25) is 0 Å². The molecule has 1 aliphatic heterocycles. The minimum atomic E-state index is 0.0998. The summed E-state index contributed by atoms with van der Waals surface area (Å²) >= 11 is 0. The van der Waals surface area contributed by atoms with Crippen LogP contribution in [-0.2, 0) is 4.74 Å². The molecule has 0 radical (unpaired) electrons. The number of nitrogens with one attached hydrogen (secondary N) is 1. The van der Waals surface area contributed by atoms with Crippen LogP contribution < -0.4 is 5.32 Å². The number of hydrogen-bond acceptors (Lipinski definition) is 2. The second kappa shape index (κ2) is 4.06. The standard InChI is InChI=1S/C14H27NO/c1-9-10(2)16-12(14(6,7)8)11(15-9)13(3,4)5/h10-12,15H,1H2,2-8H3. The molecule has 0 aromatic rings. The van der Waals surface area contributed by atoms with E-state index in [1.807, 2.05) is 0 Å². The van der Waals surface area contributed by atoms with Gasteiger partial charge in [0, 0.05) is 5.70 Å². The van der Waals surface area contributed by atoms with Crippen molar-refractivity contribution >= 4 is 0 Å². The quantitative estimate of drug-likeness (QED) is 0.682. The first-order valence-corrected chi connectivity index (χ1v) is 6.14. The first kappa shape index (κ1) is 13.6. The number of hydrogen-bond donors (Lipinski definition) is 1. The van der Waals surface area contributed by atoms with Crippen molar-refractivity contribution in [3.8, 4) is 0 Å². The van der Waals surface area contributed by atoms with Gasteiger partial charge in [-0.05, 0) is 17.8 Å². The van der Waals surface area contributed by atoms with E-state index in [4.69, 9.17) is 4.74 Å². The maximum Gasteiger partial charge on any atom is 0.0940 e. The largest absolute Gasteiger partial charge is 0.381 e. The fourth-order valence-corrected chi connectivity index (χ4v) is 2.15. The average molecular weight is 225 g/mol. The van der Waals surface area contributed by atoms with Crippen LogP contribution in [0.25, 0.3) is 0 Å². The van der Waals surface area contributed by atoms with Crippen molar-refractivity contribution in [3.63, 3.8) is 0 Å². The van der Waals surface area contributed by atoms with Crippen LogP contribution in [-0.4, -0.2) is 18.2 Å². The van der Waals surface area contributed by atoms with Gasteiger partial charge in [0.2, 0.25) is 0 Å². The first-order valence-electron chi connectivity index (χ1n) is 6.14. The summed E-state index contributed by atoms with van der Waals surface area (Å²) in [6.45, 7) is 19.5. The number of rotatable bonds is 0. The molecule has 0 aliphatic carbocycles. The van der Waals surface area contributed by atoms with Gasteiger partial charge in [-0.25, -0.2) is 0 Å². The molecule has 1 aliphatic rings. The van der Waals surface area contributed by atoms with Gasteiger partial charge in [-0.2, -0.15) is 0 Å². The van der Waals surface area contributed by atoms with E-state index in [0.717, 1.165) is 5.70 Å². The molecular weight excluding hydrogens is 198 g/mol. The summed E-state index contributed by atoms with van der Waals surface area (Å²) in [6.07, 6.45) is 0.316. The highest BCUT2D eigenvalue weighted by Crippen LogP contribution is 2.37. The fourth-order valence-electron chi connectivity index (χ4n) is 2.15. The molecule has 0 amide bonds. The Bertz CT molecular complexity index is 269. The SMILES string of the molecule is C=C1NC(C(C)(C)C)C(C(C)(C)C)OC1C. The Kier molecular flexibility index (Phi) is 3.45. The number of ether oxygens (including phenoxy) is 1. The maximum atomic E-state index is 6.14. The third-order valence-corrected chi connectivity index (χ3v) is 3.27. The molecule has 3 atom stereocenters. The van der Waals surface area contributed by atoms with Crippen LogP contribution >= 0.6 is 0 Å². The summed E-state index contributed by atoms with van der Waals surface area (Å²) in [4.78, 5) is 0. The molecular formula is C14H27NO. The van der Waals surface area contributed by atoms with Gasteiger partial charge in [0.25, 0.3) is 0 Å². The van der Waals surface area contributed by atoms with Crippen LogP contribution in [0, 0.1) is 10.8 Å². The smallest absolute Gasteiger partial charge is 0.0940 e. The molecule has 0 saturated carbocycles. The number of morpholine rings is 1. The Morgan fingerprint density at radius 1 is 1.06 bits per heavy atom. The van der Waals surface area contributed by atoms with Crippen molar-refractivity contribution in [1.29, 1.82) is 0 Å². The van der Waals surface area contributed by atoms with Crippen LogP contribution in [0.3, 0.4) is 0 Å². The van der Waals surface area contributed by atoms with Crippen molar-refractivity contribution in [2.75, 3.05) is 0 Å². The van der Waals surface area contributed by atoms with Crippen LogP contribution in [0.15, 0.2) is 12.3 Å². The van der Waals surface area contributed by atoms with Gasteiger partial charge < -0.3 is 10.1 Å². The average Bonchev–Trinajstić information content (AvgIpc) is 2.05. The Morgan fingerprint density at radius 2 is 1.56 bits per heavy atom. The van der Waals surface area contributed by atoms with Gasteiger partial charge in [-0.15, -0.1) is 0 Å². The molecule has 3 unspecified atom stereocenters. The lowest BCUT2D eigenvalue weighted by atomic mass is 9.73. The molecule has 94 valence electrons. The highest BCUT2D eigenvalue weighted by atomic mass is 16.5. The molecule has 1 rings (SSSR count). The predicted molar refractivity (Wildman–Crippen MR) is 69.3 cm³/mol. The normalized spacial score (nSPS) is 32.4. The summed E-state index contributed by atoms with van der Waals surface area (Å²) in [5, 5.41) is 3.54. The highest BCUT2D eigenvalue weighted by molar-refractivity contribution is 5.10. The van der Waals surface area contributed by atoms with Gasteiger partial charge in [0.05, 0.1) is 18.2 Å². The lowest BCUT2D eigenvalue weighted by Crippen LogP contribution is -2.59. The van der Waals surface area contributed by atoms with E-state index in [0.29, 0.717) is 6.04 Å². The van der Waals surface area contributed by atoms with Crippen LogP contribution in [0.2, 0.25) is 0 Å². The van der Waals surface area contributed by atoms with Crippen molar-refractivity contribution in [1.82, 2.24) is 5.32 Å². The minimum Gasteiger partial charge on any atom is -0.381 e. The van der Waals surface area contributed by atoms with Crippen molar-refractivity contribution in [2.24, 2.45) is 10.8 Å².